The van der Waals surface area contributed by atoms with Crippen LogP contribution in [0, 0.1) is 5.92 Å². The summed E-state index contributed by atoms with van der Waals surface area (Å²) in [6.45, 7) is 3.58. The summed E-state index contributed by atoms with van der Waals surface area (Å²) in [5, 5.41) is 5.57. The van der Waals surface area contributed by atoms with E-state index in [4.69, 9.17) is 4.98 Å². The Morgan fingerprint density at radius 3 is 2.41 bits per heavy atom. The van der Waals surface area contributed by atoms with Crippen molar-refractivity contribution in [1.29, 1.82) is 0 Å². The van der Waals surface area contributed by atoms with Crippen LogP contribution in [0.5, 0.6) is 0 Å². The van der Waals surface area contributed by atoms with Gasteiger partial charge in [0.15, 0.2) is 9.84 Å². The van der Waals surface area contributed by atoms with Gasteiger partial charge in [0.2, 0.25) is 0 Å². The molecule has 2 aromatic heterocycles. The third-order valence-corrected chi connectivity index (χ3v) is 8.58. The predicted octanol–water partition coefficient (Wildman–Crippen LogP) is 5.54. The summed E-state index contributed by atoms with van der Waals surface area (Å²) < 4.78 is 23.4. The monoisotopic (exact) mass is 478 g/mol. The number of piperidine rings is 1. The van der Waals surface area contributed by atoms with E-state index < -0.39 is 9.84 Å². The van der Waals surface area contributed by atoms with Crippen molar-refractivity contribution < 1.29 is 8.42 Å². The summed E-state index contributed by atoms with van der Waals surface area (Å²) >= 11 is 0. The fourth-order valence-corrected chi connectivity index (χ4v) is 6.17. The second kappa shape index (κ2) is 10.0. The van der Waals surface area contributed by atoms with Crippen LogP contribution in [-0.4, -0.2) is 49.2 Å². The maximum absolute atomic E-state index is 11.7. The highest BCUT2D eigenvalue weighted by molar-refractivity contribution is 7.90. The molecular formula is C27H34N4O2S. The molecule has 180 valence electrons. The molecule has 1 saturated carbocycles. The molecule has 0 unspecified atom stereocenters. The Morgan fingerprint density at radius 1 is 0.971 bits per heavy atom. The zero-order valence-electron chi connectivity index (χ0n) is 19.9. The quantitative estimate of drug-likeness (QED) is 0.502. The van der Waals surface area contributed by atoms with E-state index in [1.54, 1.807) is 24.3 Å². The first-order chi connectivity index (χ1) is 16.5. The number of benzene rings is 1. The van der Waals surface area contributed by atoms with Crippen molar-refractivity contribution in [3.63, 3.8) is 0 Å². The van der Waals surface area contributed by atoms with Gasteiger partial charge in [0.05, 0.1) is 10.6 Å². The lowest BCUT2D eigenvalue weighted by Crippen LogP contribution is -2.37. The minimum absolute atomic E-state index is 0.311. The Morgan fingerprint density at radius 2 is 1.71 bits per heavy atom. The van der Waals surface area contributed by atoms with Gasteiger partial charge in [0.1, 0.15) is 5.82 Å². The summed E-state index contributed by atoms with van der Waals surface area (Å²) in [7, 11) is -3.21. The number of aromatic nitrogens is 2. The summed E-state index contributed by atoms with van der Waals surface area (Å²) in [6, 6.07) is 10.9. The molecule has 3 heterocycles. The van der Waals surface area contributed by atoms with Crippen LogP contribution in [-0.2, 0) is 9.84 Å². The van der Waals surface area contributed by atoms with E-state index in [1.165, 1.54) is 50.6 Å². The normalized spacial score (nSPS) is 18.9. The number of fused-ring (bicyclic) bond motifs is 1. The molecule has 5 rings (SSSR count). The topological polar surface area (TPSA) is 75.2 Å². The number of rotatable bonds is 6. The number of nitrogens with one attached hydrogen (secondary N) is 1. The lowest BCUT2D eigenvalue weighted by Gasteiger charge is -2.35. The molecular weight excluding hydrogens is 444 g/mol. The van der Waals surface area contributed by atoms with Crippen molar-refractivity contribution in [2.45, 2.75) is 55.8 Å². The van der Waals surface area contributed by atoms with Gasteiger partial charge in [-0.15, -0.1) is 0 Å². The number of hydrogen-bond acceptors (Lipinski definition) is 6. The van der Waals surface area contributed by atoms with Crippen LogP contribution >= 0.6 is 0 Å². The average Bonchev–Trinajstić information content (AvgIpc) is 2.85. The molecule has 0 amide bonds. The molecule has 0 spiro atoms. The molecule has 0 radical (unpaired) electrons. The largest absolute Gasteiger partial charge is 0.340 e. The van der Waals surface area contributed by atoms with Gasteiger partial charge in [-0.25, -0.2) is 13.4 Å². The van der Waals surface area contributed by atoms with Gasteiger partial charge >= 0.3 is 0 Å². The van der Waals surface area contributed by atoms with E-state index in [-0.39, 0.29) is 0 Å². The van der Waals surface area contributed by atoms with Crippen molar-refractivity contribution in [2.75, 3.05) is 31.2 Å². The summed E-state index contributed by atoms with van der Waals surface area (Å²) in [5.41, 5.74) is 1.98. The smallest absolute Gasteiger partial charge is 0.175 e. The van der Waals surface area contributed by atoms with Gasteiger partial charge in [0.25, 0.3) is 0 Å². The Hall–Kier alpha value is -2.51. The Bertz CT molecular complexity index is 1230. The molecule has 2 fully saturated rings. The Balaban J connectivity index is 1.29. The summed E-state index contributed by atoms with van der Waals surface area (Å²) in [6.07, 6.45) is 14.4. The van der Waals surface area contributed by atoms with Gasteiger partial charge in [-0.3, -0.25) is 4.98 Å². The van der Waals surface area contributed by atoms with E-state index in [2.05, 4.69) is 21.3 Å². The second-order valence-corrected chi connectivity index (χ2v) is 12.0. The lowest BCUT2D eigenvalue weighted by molar-refractivity contribution is 0.163. The number of pyridine rings is 2. The maximum atomic E-state index is 11.7. The molecule has 3 aromatic rings. The van der Waals surface area contributed by atoms with Crippen LogP contribution in [0.15, 0.2) is 53.7 Å². The Kier molecular flexibility index (Phi) is 6.84. The first kappa shape index (κ1) is 23.2. The van der Waals surface area contributed by atoms with Gasteiger partial charge in [-0.1, -0.05) is 19.3 Å². The van der Waals surface area contributed by atoms with Gasteiger partial charge < -0.3 is 10.2 Å². The van der Waals surface area contributed by atoms with Gasteiger partial charge in [0, 0.05) is 47.6 Å². The molecule has 2 aliphatic rings. The molecule has 0 atom stereocenters. The van der Waals surface area contributed by atoms with E-state index in [9.17, 15) is 8.42 Å². The van der Waals surface area contributed by atoms with Crippen LogP contribution in [0.25, 0.3) is 10.8 Å². The molecule has 1 aliphatic heterocycles. The highest BCUT2D eigenvalue weighted by Gasteiger charge is 2.25. The first-order valence-electron chi connectivity index (χ1n) is 12.5. The van der Waals surface area contributed by atoms with Crippen molar-refractivity contribution in [2.24, 2.45) is 5.92 Å². The van der Waals surface area contributed by atoms with Crippen molar-refractivity contribution >= 4 is 32.1 Å². The molecule has 1 N–H and O–H groups in total. The van der Waals surface area contributed by atoms with E-state index in [0.717, 1.165) is 54.1 Å². The molecule has 1 saturated heterocycles. The summed E-state index contributed by atoms with van der Waals surface area (Å²) in [5.74, 6) is 2.10. The van der Waals surface area contributed by atoms with Crippen molar-refractivity contribution in [3.8, 4) is 0 Å². The van der Waals surface area contributed by atoms with Crippen LogP contribution in [0.3, 0.4) is 0 Å². The zero-order chi connectivity index (χ0) is 23.5. The van der Waals surface area contributed by atoms with Gasteiger partial charge in [-0.2, -0.15) is 0 Å². The van der Waals surface area contributed by atoms with Crippen molar-refractivity contribution in [3.05, 3.63) is 54.5 Å². The minimum Gasteiger partial charge on any atom is -0.340 e. The number of hydrogen-bond donors (Lipinski definition) is 1. The first-order valence-corrected chi connectivity index (χ1v) is 14.4. The number of nitrogens with zero attached hydrogens (tertiary/aromatic N) is 3. The number of sulfone groups is 1. The molecule has 6 nitrogen and oxygen atoms in total. The molecule has 7 heteroatoms. The van der Waals surface area contributed by atoms with Crippen LogP contribution < -0.4 is 5.32 Å². The molecule has 0 bridgehead atoms. The fourth-order valence-electron chi connectivity index (χ4n) is 5.54. The highest BCUT2D eigenvalue weighted by atomic mass is 32.2. The third kappa shape index (κ3) is 5.41. The second-order valence-electron chi connectivity index (χ2n) is 9.99. The lowest BCUT2D eigenvalue weighted by atomic mass is 9.87. The van der Waals surface area contributed by atoms with Gasteiger partial charge in [-0.05, 0) is 81.1 Å². The average molecular weight is 479 g/mol. The third-order valence-electron chi connectivity index (χ3n) is 7.45. The molecule has 1 aliphatic carbocycles. The zero-order valence-corrected chi connectivity index (χ0v) is 20.7. The van der Waals surface area contributed by atoms with Crippen LogP contribution in [0.2, 0.25) is 0 Å². The van der Waals surface area contributed by atoms with Crippen LogP contribution in [0.1, 0.15) is 56.6 Å². The number of anilines is 2. The molecule has 34 heavy (non-hydrogen) atoms. The van der Waals surface area contributed by atoms with E-state index in [0.29, 0.717) is 10.8 Å². The SMILES string of the molecule is CS(=O)(=O)c1ccc(Nc2cc3c(C4CCN(CC5CCCCC5)CC4)nccc3cn2)cc1. The summed E-state index contributed by atoms with van der Waals surface area (Å²) in [4.78, 5) is 12.4. The maximum Gasteiger partial charge on any atom is 0.175 e. The van der Waals surface area contributed by atoms with Crippen molar-refractivity contribution in [1.82, 2.24) is 14.9 Å². The minimum atomic E-state index is -3.21. The highest BCUT2D eigenvalue weighted by Crippen LogP contribution is 2.34. The fraction of sp³-hybridized carbons (Fsp3) is 0.481. The predicted molar refractivity (Wildman–Crippen MR) is 137 cm³/mol. The number of likely N-dealkylation sites (tertiary alicyclic amines) is 1. The standard InChI is InChI=1S/C27H34N4O2S/c1-34(32,33)24-9-7-23(8-10-24)30-26-17-25-22(18-29-26)11-14-28-27(25)21-12-15-31(16-13-21)19-20-5-3-2-4-6-20/h7-11,14,17-18,20-21H,2-6,12-13,15-16,19H2,1H3,(H,29,30). The van der Waals surface area contributed by atoms with Crippen LogP contribution in [0.4, 0.5) is 11.5 Å². The molecule has 1 aromatic carbocycles. The van der Waals surface area contributed by atoms with E-state index >= 15 is 0 Å². The van der Waals surface area contributed by atoms with E-state index in [1.807, 2.05) is 18.5 Å². The Labute approximate surface area is 202 Å².